The highest BCUT2D eigenvalue weighted by Gasteiger charge is 2.17. The monoisotopic (exact) mass is 323 g/mol. The van der Waals surface area contributed by atoms with Crippen molar-refractivity contribution in [2.45, 2.75) is 19.0 Å². The summed E-state index contributed by atoms with van der Waals surface area (Å²) in [4.78, 5) is 4.39. The van der Waals surface area contributed by atoms with Gasteiger partial charge in [0.1, 0.15) is 0 Å². The molecule has 1 atom stereocenters. The maximum absolute atomic E-state index is 6.13. The third-order valence-corrected chi connectivity index (χ3v) is 4.64. The number of halogens is 1. The fraction of sp³-hybridized carbons (Fsp3) is 0.211. The van der Waals surface area contributed by atoms with Gasteiger partial charge in [-0.3, -0.25) is 4.98 Å². The molecule has 0 aliphatic carbocycles. The topological polar surface area (TPSA) is 37.0 Å². The third kappa shape index (κ3) is 3.03. The summed E-state index contributed by atoms with van der Waals surface area (Å²) in [5.74, 6) is 0. The average Bonchev–Trinajstić information content (AvgIpc) is 2.59. The van der Waals surface area contributed by atoms with E-state index < -0.39 is 0 Å². The van der Waals surface area contributed by atoms with Crippen LogP contribution in [0.3, 0.4) is 0 Å². The molecule has 116 valence electrons. The second-order valence-corrected chi connectivity index (χ2v) is 6.39. The molecule has 0 saturated heterocycles. The molecule has 1 aliphatic heterocycles. The number of fused-ring (bicyclic) bond motifs is 2. The van der Waals surface area contributed by atoms with Crippen molar-refractivity contribution in [3.63, 3.8) is 0 Å². The Morgan fingerprint density at radius 1 is 1.13 bits per heavy atom. The van der Waals surface area contributed by atoms with Crippen LogP contribution in [0.25, 0.3) is 10.9 Å². The minimum Gasteiger partial charge on any atom is -0.383 e. The van der Waals surface area contributed by atoms with E-state index in [0.29, 0.717) is 6.04 Å². The SMILES string of the molecule is Clc1ccc2nccc(NCC3Cc4ccccc4CN3)c2c1. The van der Waals surface area contributed by atoms with E-state index in [9.17, 15) is 0 Å². The minimum atomic E-state index is 0.423. The van der Waals surface area contributed by atoms with E-state index in [1.165, 1.54) is 11.1 Å². The number of hydrogen-bond donors (Lipinski definition) is 2. The van der Waals surface area contributed by atoms with Gasteiger partial charge in [-0.05, 0) is 41.8 Å². The summed E-state index contributed by atoms with van der Waals surface area (Å²) in [6.45, 7) is 1.81. The molecule has 0 amide bonds. The molecule has 4 heteroatoms. The lowest BCUT2D eigenvalue weighted by molar-refractivity contribution is 0.497. The summed E-state index contributed by atoms with van der Waals surface area (Å²) in [5, 5.41) is 8.96. The van der Waals surface area contributed by atoms with E-state index in [-0.39, 0.29) is 0 Å². The number of aromatic nitrogens is 1. The lowest BCUT2D eigenvalue weighted by Gasteiger charge is -2.26. The molecule has 1 unspecified atom stereocenters. The van der Waals surface area contributed by atoms with Crippen LogP contribution in [0.5, 0.6) is 0 Å². The minimum absolute atomic E-state index is 0.423. The van der Waals surface area contributed by atoms with E-state index in [1.54, 1.807) is 0 Å². The molecule has 2 heterocycles. The first-order valence-corrected chi connectivity index (χ1v) is 8.26. The van der Waals surface area contributed by atoms with Crippen molar-refractivity contribution in [2.24, 2.45) is 0 Å². The fourth-order valence-corrected chi connectivity index (χ4v) is 3.34. The number of nitrogens with zero attached hydrogens (tertiary/aromatic N) is 1. The van der Waals surface area contributed by atoms with Crippen LogP contribution in [0, 0.1) is 0 Å². The van der Waals surface area contributed by atoms with Crippen LogP contribution in [0.15, 0.2) is 54.7 Å². The Morgan fingerprint density at radius 3 is 2.91 bits per heavy atom. The summed E-state index contributed by atoms with van der Waals surface area (Å²) in [7, 11) is 0. The van der Waals surface area contributed by atoms with E-state index in [4.69, 9.17) is 11.6 Å². The molecule has 3 aromatic rings. The first-order chi connectivity index (χ1) is 11.3. The molecule has 23 heavy (non-hydrogen) atoms. The molecule has 2 N–H and O–H groups in total. The summed E-state index contributed by atoms with van der Waals surface area (Å²) < 4.78 is 0. The maximum atomic E-state index is 6.13. The molecular formula is C19H18ClN3. The highest BCUT2D eigenvalue weighted by Crippen LogP contribution is 2.25. The summed E-state index contributed by atoms with van der Waals surface area (Å²) in [6.07, 6.45) is 2.88. The summed E-state index contributed by atoms with van der Waals surface area (Å²) in [5.41, 5.74) is 4.89. The van der Waals surface area contributed by atoms with Gasteiger partial charge < -0.3 is 10.6 Å². The molecule has 0 fully saturated rings. The van der Waals surface area contributed by atoms with Crippen molar-refractivity contribution in [3.05, 3.63) is 70.9 Å². The maximum Gasteiger partial charge on any atom is 0.0723 e. The standard InChI is InChI=1S/C19H18ClN3/c20-15-5-6-18-17(10-15)19(7-8-21-18)23-12-16-9-13-3-1-2-4-14(13)11-22-16/h1-8,10,16,22H,9,11-12H2,(H,21,23). The molecule has 1 aromatic heterocycles. The van der Waals surface area contributed by atoms with Gasteiger partial charge in [0.25, 0.3) is 0 Å². The van der Waals surface area contributed by atoms with Gasteiger partial charge in [-0.2, -0.15) is 0 Å². The highest BCUT2D eigenvalue weighted by atomic mass is 35.5. The van der Waals surface area contributed by atoms with Gasteiger partial charge in [-0.15, -0.1) is 0 Å². The zero-order valence-corrected chi connectivity index (χ0v) is 13.5. The van der Waals surface area contributed by atoms with Gasteiger partial charge in [0.05, 0.1) is 5.52 Å². The van der Waals surface area contributed by atoms with Gasteiger partial charge in [0.2, 0.25) is 0 Å². The second kappa shape index (κ2) is 6.19. The Labute approximate surface area is 140 Å². The van der Waals surface area contributed by atoms with Crippen LogP contribution in [-0.4, -0.2) is 17.6 Å². The molecular weight excluding hydrogens is 306 g/mol. The van der Waals surface area contributed by atoms with Crippen molar-refractivity contribution >= 4 is 28.2 Å². The van der Waals surface area contributed by atoms with E-state index in [2.05, 4.69) is 39.9 Å². The van der Waals surface area contributed by atoms with Crippen molar-refractivity contribution in [1.82, 2.24) is 10.3 Å². The molecule has 4 rings (SSSR count). The van der Waals surface area contributed by atoms with Crippen molar-refractivity contribution in [3.8, 4) is 0 Å². The summed E-state index contributed by atoms with van der Waals surface area (Å²) in [6, 6.07) is 16.9. The average molecular weight is 324 g/mol. The zero-order chi connectivity index (χ0) is 15.6. The third-order valence-electron chi connectivity index (χ3n) is 4.41. The van der Waals surface area contributed by atoms with Crippen LogP contribution >= 0.6 is 11.6 Å². The summed E-state index contributed by atoms with van der Waals surface area (Å²) >= 11 is 6.13. The van der Waals surface area contributed by atoms with Crippen LogP contribution < -0.4 is 10.6 Å². The zero-order valence-electron chi connectivity index (χ0n) is 12.7. The first kappa shape index (κ1) is 14.5. The smallest absolute Gasteiger partial charge is 0.0723 e. The normalized spacial score (nSPS) is 17.0. The quantitative estimate of drug-likeness (QED) is 0.764. The first-order valence-electron chi connectivity index (χ1n) is 7.88. The van der Waals surface area contributed by atoms with Crippen LogP contribution in [-0.2, 0) is 13.0 Å². The molecule has 3 nitrogen and oxygen atoms in total. The predicted molar refractivity (Wildman–Crippen MR) is 96.0 cm³/mol. The van der Waals surface area contributed by atoms with Gasteiger partial charge in [0.15, 0.2) is 0 Å². The Hall–Kier alpha value is -2.10. The largest absolute Gasteiger partial charge is 0.383 e. The molecule has 0 radical (unpaired) electrons. The fourth-order valence-electron chi connectivity index (χ4n) is 3.17. The molecule has 0 bridgehead atoms. The van der Waals surface area contributed by atoms with Gasteiger partial charge >= 0.3 is 0 Å². The lowest BCUT2D eigenvalue weighted by atomic mass is 9.96. The number of nitrogens with one attached hydrogen (secondary N) is 2. The van der Waals surface area contributed by atoms with Crippen LogP contribution in [0.4, 0.5) is 5.69 Å². The van der Waals surface area contributed by atoms with Crippen molar-refractivity contribution in [1.29, 1.82) is 0 Å². The van der Waals surface area contributed by atoms with Crippen LogP contribution in [0.2, 0.25) is 5.02 Å². The molecule has 1 aliphatic rings. The van der Waals surface area contributed by atoms with Gasteiger partial charge in [-0.25, -0.2) is 0 Å². The Balaban J connectivity index is 1.51. The Bertz CT molecular complexity index is 847. The predicted octanol–water partition coefficient (Wildman–Crippen LogP) is 4.01. The van der Waals surface area contributed by atoms with Crippen LogP contribution in [0.1, 0.15) is 11.1 Å². The van der Waals surface area contributed by atoms with Gasteiger partial charge in [0, 0.05) is 41.4 Å². The van der Waals surface area contributed by atoms with Crippen molar-refractivity contribution in [2.75, 3.05) is 11.9 Å². The lowest BCUT2D eigenvalue weighted by Crippen LogP contribution is -2.40. The van der Waals surface area contributed by atoms with E-state index in [1.807, 2.05) is 30.5 Å². The highest BCUT2D eigenvalue weighted by molar-refractivity contribution is 6.31. The number of rotatable bonds is 3. The van der Waals surface area contributed by atoms with E-state index >= 15 is 0 Å². The number of anilines is 1. The molecule has 0 saturated carbocycles. The number of benzene rings is 2. The van der Waals surface area contributed by atoms with Crippen molar-refractivity contribution < 1.29 is 0 Å². The second-order valence-electron chi connectivity index (χ2n) is 5.95. The Kier molecular flexibility index (Phi) is 3.90. The Morgan fingerprint density at radius 2 is 2.00 bits per heavy atom. The molecule has 2 aromatic carbocycles. The number of hydrogen-bond acceptors (Lipinski definition) is 3. The van der Waals surface area contributed by atoms with E-state index in [0.717, 1.165) is 41.1 Å². The number of pyridine rings is 1. The van der Waals surface area contributed by atoms with Gasteiger partial charge in [-0.1, -0.05) is 35.9 Å². The molecule has 0 spiro atoms.